The van der Waals surface area contributed by atoms with Crippen LogP contribution in [-0.4, -0.2) is 15.0 Å². The van der Waals surface area contributed by atoms with Gasteiger partial charge in [0, 0.05) is 12.0 Å². The summed E-state index contributed by atoms with van der Waals surface area (Å²) in [4.78, 5) is 0. The fourth-order valence-electron chi connectivity index (χ4n) is 2.43. The Morgan fingerprint density at radius 2 is 1.81 bits per heavy atom. The van der Waals surface area contributed by atoms with E-state index in [0.717, 1.165) is 6.04 Å². The summed E-state index contributed by atoms with van der Waals surface area (Å²) in [5.74, 6) is 1.94. The molecule has 0 heterocycles. The van der Waals surface area contributed by atoms with Crippen molar-refractivity contribution in [2.24, 2.45) is 9.12 Å². The lowest BCUT2D eigenvalue weighted by Crippen LogP contribution is -2.37. The molecule has 0 aromatic carbocycles. The fraction of sp³-hybridized carbons (Fsp3) is 0.917. The van der Waals surface area contributed by atoms with Gasteiger partial charge in [0.2, 0.25) is 0 Å². The van der Waals surface area contributed by atoms with E-state index in [1.165, 1.54) is 50.8 Å². The molecule has 0 saturated heterocycles. The van der Waals surface area contributed by atoms with Crippen molar-refractivity contribution in [1.29, 1.82) is 0 Å². The average molecular weight is 448 g/mol. The van der Waals surface area contributed by atoms with Crippen LogP contribution in [0.5, 0.6) is 0 Å². The Kier molecular flexibility index (Phi) is 7.59. The molecular weight excluding hydrogens is 426 g/mol. The highest BCUT2D eigenvalue weighted by atomic mass is 127. The Balaban J connectivity index is 2.64. The summed E-state index contributed by atoms with van der Waals surface area (Å²) in [6.45, 7) is 4.53. The third kappa shape index (κ3) is 3.99. The smallest absolute Gasteiger partial charge is 0.123 e. The van der Waals surface area contributed by atoms with Gasteiger partial charge in [0.15, 0.2) is 0 Å². The van der Waals surface area contributed by atoms with Crippen LogP contribution in [0.1, 0.15) is 58.8 Å². The Morgan fingerprint density at radius 3 is 2.25 bits per heavy atom. The monoisotopic (exact) mass is 448 g/mol. The fourth-order valence-corrected chi connectivity index (χ4v) is 4.53. The van der Waals surface area contributed by atoms with Gasteiger partial charge >= 0.3 is 0 Å². The molecule has 0 bridgehead atoms. The van der Waals surface area contributed by atoms with E-state index in [2.05, 4.69) is 65.9 Å². The molecule has 0 amide bonds. The predicted molar refractivity (Wildman–Crippen MR) is 88.3 cm³/mol. The summed E-state index contributed by atoms with van der Waals surface area (Å²) < 4.78 is 6.94. The van der Waals surface area contributed by atoms with Gasteiger partial charge in [-0.2, -0.15) is 0 Å². The average Bonchev–Trinajstić information content (AvgIpc) is 2.36. The molecule has 0 unspecified atom stereocenters. The topological polar surface area (TPSA) is 15.6 Å². The maximum Gasteiger partial charge on any atom is 0.123 e. The lowest BCUT2D eigenvalue weighted by Gasteiger charge is -2.33. The SMILES string of the molecule is CCC(CC)/C(=N/I)N(I)C1CCCCC1. The summed E-state index contributed by atoms with van der Waals surface area (Å²) in [6.07, 6.45) is 9.29. The van der Waals surface area contributed by atoms with Gasteiger partial charge in [0.05, 0.1) is 45.7 Å². The maximum absolute atomic E-state index is 4.51. The molecule has 0 aromatic heterocycles. The summed E-state index contributed by atoms with van der Waals surface area (Å²) in [7, 11) is 0. The van der Waals surface area contributed by atoms with Crippen molar-refractivity contribution < 1.29 is 0 Å². The molecule has 0 radical (unpaired) electrons. The molecule has 2 nitrogen and oxygen atoms in total. The first-order valence-corrected chi connectivity index (χ1v) is 8.31. The predicted octanol–water partition coefficient (Wildman–Crippen LogP) is 5.16. The van der Waals surface area contributed by atoms with Crippen molar-refractivity contribution in [3.05, 3.63) is 0 Å². The first kappa shape index (κ1) is 15.0. The number of nitrogens with zero attached hydrogens (tertiary/aromatic N) is 2. The first-order valence-electron chi connectivity index (χ1n) is 6.38. The summed E-state index contributed by atoms with van der Waals surface area (Å²) in [6, 6.07) is 0.725. The van der Waals surface area contributed by atoms with Crippen molar-refractivity contribution in [1.82, 2.24) is 3.11 Å². The van der Waals surface area contributed by atoms with Crippen LogP contribution >= 0.6 is 45.7 Å². The minimum atomic E-state index is 0.635. The molecule has 1 saturated carbocycles. The van der Waals surface area contributed by atoms with Crippen molar-refractivity contribution in [2.75, 3.05) is 0 Å². The summed E-state index contributed by atoms with van der Waals surface area (Å²) >= 11 is 4.65. The molecule has 0 aromatic rings. The van der Waals surface area contributed by atoms with Crippen molar-refractivity contribution in [3.63, 3.8) is 0 Å². The number of halogens is 2. The van der Waals surface area contributed by atoms with Gasteiger partial charge < -0.3 is 0 Å². The van der Waals surface area contributed by atoms with Crippen molar-refractivity contribution in [2.45, 2.75) is 64.8 Å². The van der Waals surface area contributed by atoms with E-state index in [0.29, 0.717) is 5.92 Å². The lowest BCUT2D eigenvalue weighted by molar-refractivity contribution is 0.348. The van der Waals surface area contributed by atoms with Gasteiger partial charge in [0.25, 0.3) is 0 Å². The van der Waals surface area contributed by atoms with E-state index < -0.39 is 0 Å². The van der Waals surface area contributed by atoms with Crippen LogP contribution < -0.4 is 0 Å². The third-order valence-corrected chi connectivity index (χ3v) is 5.33. The molecule has 0 aliphatic heterocycles. The van der Waals surface area contributed by atoms with E-state index in [9.17, 15) is 0 Å². The zero-order chi connectivity index (χ0) is 12.0. The molecular formula is C12H22I2N2. The first-order chi connectivity index (χ1) is 7.74. The number of amidine groups is 1. The van der Waals surface area contributed by atoms with E-state index in [1.54, 1.807) is 0 Å². The molecule has 16 heavy (non-hydrogen) atoms. The highest BCUT2D eigenvalue weighted by Gasteiger charge is 2.25. The van der Waals surface area contributed by atoms with Gasteiger partial charge in [-0.05, 0) is 25.7 Å². The number of rotatable bonds is 4. The summed E-state index contributed by atoms with van der Waals surface area (Å²) in [5, 5.41) is 0. The number of hydrogen-bond acceptors (Lipinski definition) is 1. The van der Waals surface area contributed by atoms with Crippen LogP contribution in [0.25, 0.3) is 0 Å². The van der Waals surface area contributed by atoms with E-state index in [1.807, 2.05) is 0 Å². The van der Waals surface area contributed by atoms with Gasteiger partial charge in [0.1, 0.15) is 5.84 Å². The van der Waals surface area contributed by atoms with Crippen LogP contribution in [0.2, 0.25) is 0 Å². The molecule has 0 N–H and O–H groups in total. The third-order valence-electron chi connectivity index (χ3n) is 3.55. The Morgan fingerprint density at radius 1 is 1.25 bits per heavy atom. The second-order valence-corrected chi connectivity index (χ2v) is 6.08. The van der Waals surface area contributed by atoms with Crippen molar-refractivity contribution >= 4 is 51.6 Å². The lowest BCUT2D eigenvalue weighted by atomic mass is 9.94. The highest BCUT2D eigenvalue weighted by molar-refractivity contribution is 14.1. The molecule has 4 heteroatoms. The van der Waals surface area contributed by atoms with Gasteiger partial charge in [-0.15, -0.1) is 0 Å². The minimum Gasteiger partial charge on any atom is -0.299 e. The second kappa shape index (κ2) is 8.11. The van der Waals surface area contributed by atoms with Crippen LogP contribution in [0.4, 0.5) is 0 Å². The maximum atomic E-state index is 4.51. The summed E-state index contributed by atoms with van der Waals surface area (Å²) in [5.41, 5.74) is 0. The van der Waals surface area contributed by atoms with Crippen molar-refractivity contribution in [3.8, 4) is 0 Å². The molecule has 1 aliphatic carbocycles. The van der Waals surface area contributed by atoms with Crippen LogP contribution in [0.15, 0.2) is 3.21 Å². The largest absolute Gasteiger partial charge is 0.299 e. The molecule has 1 rings (SSSR count). The molecule has 1 aliphatic rings. The molecule has 1 fully saturated rings. The van der Waals surface area contributed by atoms with E-state index in [4.69, 9.17) is 0 Å². The highest BCUT2D eigenvalue weighted by Crippen LogP contribution is 2.28. The zero-order valence-electron chi connectivity index (χ0n) is 10.3. The quantitative estimate of drug-likeness (QED) is 0.251. The minimum absolute atomic E-state index is 0.635. The zero-order valence-corrected chi connectivity index (χ0v) is 14.6. The Bertz CT molecular complexity index is 221. The van der Waals surface area contributed by atoms with Crippen LogP contribution in [-0.2, 0) is 0 Å². The number of hydrogen-bond donors (Lipinski definition) is 0. The van der Waals surface area contributed by atoms with Crippen LogP contribution in [0.3, 0.4) is 0 Å². The molecule has 0 spiro atoms. The molecule has 0 atom stereocenters. The van der Waals surface area contributed by atoms with Gasteiger partial charge in [-0.1, -0.05) is 33.1 Å². The Labute approximate surface area is 128 Å². The standard InChI is InChI=1S/C12H22I2N2/c1-3-10(4-2)12(15-13)16(14)11-8-6-5-7-9-11/h10-11H,3-9H2,1-2H3/b15-12-. The van der Waals surface area contributed by atoms with E-state index >= 15 is 0 Å². The van der Waals surface area contributed by atoms with Gasteiger partial charge in [-0.3, -0.25) is 3.11 Å². The van der Waals surface area contributed by atoms with Crippen LogP contribution in [0, 0.1) is 5.92 Å². The van der Waals surface area contributed by atoms with E-state index in [-0.39, 0.29) is 0 Å². The normalized spacial score (nSPS) is 19.2. The second-order valence-electron chi connectivity index (χ2n) is 4.56. The Hall–Kier alpha value is 0.930. The van der Waals surface area contributed by atoms with Gasteiger partial charge in [-0.25, -0.2) is 3.21 Å². The molecule has 94 valence electrons.